The Balaban J connectivity index is 1.89. The van der Waals surface area contributed by atoms with Crippen LogP contribution in [-0.4, -0.2) is 33.4 Å². The van der Waals surface area contributed by atoms with E-state index in [-0.39, 0.29) is 24.1 Å². The zero-order valence-electron chi connectivity index (χ0n) is 13.9. The Kier molecular flexibility index (Phi) is 4.64. The van der Waals surface area contributed by atoms with E-state index in [1.165, 1.54) is 16.7 Å². The minimum atomic E-state index is -5.01. The Labute approximate surface area is 154 Å². The highest BCUT2D eigenvalue weighted by atomic mass is 32.2. The van der Waals surface area contributed by atoms with Gasteiger partial charge in [-0.15, -0.1) is 11.8 Å². The van der Waals surface area contributed by atoms with Crippen molar-refractivity contribution in [1.29, 1.82) is 0 Å². The van der Waals surface area contributed by atoms with Crippen LogP contribution in [0.2, 0.25) is 0 Å². The lowest BCUT2D eigenvalue weighted by Crippen LogP contribution is -2.48. The number of carbonyl (C=O) groups excluding carboxylic acids is 2. The van der Waals surface area contributed by atoms with E-state index in [4.69, 9.17) is 0 Å². The van der Waals surface area contributed by atoms with E-state index in [1.54, 1.807) is 6.92 Å². The van der Waals surface area contributed by atoms with Crippen molar-refractivity contribution in [3.8, 4) is 0 Å². The van der Waals surface area contributed by atoms with Crippen LogP contribution in [0.4, 0.5) is 32.0 Å². The molecule has 0 radical (unpaired) electrons. The molecule has 0 aliphatic carbocycles. The number of nitrogens with zero attached hydrogens (tertiary/aromatic N) is 1. The quantitative estimate of drug-likeness (QED) is 0.744. The Hall–Kier alpha value is -1.91. The van der Waals surface area contributed by atoms with Crippen LogP contribution in [0.3, 0.4) is 0 Å². The Morgan fingerprint density at radius 3 is 2.22 bits per heavy atom. The Morgan fingerprint density at radius 2 is 1.70 bits per heavy atom. The molecular formula is C16H14F6N2O2S. The van der Waals surface area contributed by atoms with E-state index in [1.807, 2.05) is 0 Å². The predicted molar refractivity (Wildman–Crippen MR) is 85.8 cm³/mol. The van der Waals surface area contributed by atoms with Crippen molar-refractivity contribution in [2.24, 2.45) is 0 Å². The number of hydrogen-bond acceptors (Lipinski definition) is 3. The fourth-order valence-corrected chi connectivity index (χ4v) is 4.70. The monoisotopic (exact) mass is 412 g/mol. The van der Waals surface area contributed by atoms with Crippen molar-refractivity contribution in [2.75, 3.05) is 11.1 Å². The maximum absolute atomic E-state index is 12.9. The van der Waals surface area contributed by atoms with Gasteiger partial charge in [0.05, 0.1) is 16.0 Å². The van der Waals surface area contributed by atoms with Crippen LogP contribution < -0.4 is 5.32 Å². The molecular weight excluding hydrogens is 398 g/mol. The number of alkyl halides is 6. The summed E-state index contributed by atoms with van der Waals surface area (Å²) in [6.07, 6.45) is -9.24. The molecule has 2 amide bonds. The van der Waals surface area contributed by atoms with Gasteiger partial charge in [-0.1, -0.05) is 0 Å². The first-order valence-electron chi connectivity index (χ1n) is 7.88. The molecule has 0 saturated carbocycles. The van der Waals surface area contributed by atoms with Crippen LogP contribution in [0.15, 0.2) is 18.2 Å². The number of amides is 2. The van der Waals surface area contributed by atoms with Gasteiger partial charge < -0.3 is 10.2 Å². The second kappa shape index (κ2) is 6.32. The molecule has 2 aliphatic heterocycles. The number of fused-ring (bicyclic) bond motifs is 1. The van der Waals surface area contributed by atoms with Crippen LogP contribution in [0.25, 0.3) is 0 Å². The fraction of sp³-hybridized carbons (Fsp3) is 0.500. The molecule has 4 nitrogen and oxygen atoms in total. The molecule has 148 valence electrons. The highest BCUT2D eigenvalue weighted by molar-refractivity contribution is 8.01. The summed E-state index contributed by atoms with van der Waals surface area (Å²) >= 11 is 1.37. The minimum absolute atomic E-state index is 0.0118. The first-order valence-corrected chi connectivity index (χ1v) is 8.86. The van der Waals surface area contributed by atoms with Gasteiger partial charge in [-0.25, -0.2) is 0 Å². The highest BCUT2D eigenvalue weighted by Crippen LogP contribution is 2.47. The first kappa shape index (κ1) is 19.8. The third kappa shape index (κ3) is 3.74. The number of carbonyl (C=O) groups is 2. The van der Waals surface area contributed by atoms with Gasteiger partial charge in [0.25, 0.3) is 0 Å². The van der Waals surface area contributed by atoms with Crippen molar-refractivity contribution in [1.82, 2.24) is 4.90 Å². The molecule has 0 bridgehead atoms. The zero-order chi connectivity index (χ0) is 20.2. The maximum Gasteiger partial charge on any atom is 0.416 e. The Bertz CT molecular complexity index is 762. The number of hydrogen-bond donors (Lipinski definition) is 1. The molecule has 3 rings (SSSR count). The Morgan fingerprint density at radius 1 is 1.15 bits per heavy atom. The van der Waals surface area contributed by atoms with Gasteiger partial charge in [0.15, 0.2) is 0 Å². The SMILES string of the molecule is C[C@]12CCC(=O)N1[C@H](C(=O)Nc1cc(C(F)(F)F)cc(C(F)(F)F)c1)CS2. The molecule has 2 heterocycles. The van der Waals surface area contributed by atoms with Gasteiger partial charge in [0.1, 0.15) is 6.04 Å². The third-order valence-corrected chi connectivity index (χ3v) is 6.11. The largest absolute Gasteiger partial charge is 0.416 e. The molecule has 0 unspecified atom stereocenters. The number of nitrogens with one attached hydrogen (secondary N) is 1. The van der Waals surface area contributed by atoms with Gasteiger partial charge in [-0.05, 0) is 31.5 Å². The lowest BCUT2D eigenvalue weighted by atomic mass is 10.1. The first-order chi connectivity index (χ1) is 12.3. The average molecular weight is 412 g/mol. The molecule has 0 spiro atoms. The molecule has 1 aromatic rings. The van der Waals surface area contributed by atoms with E-state index < -0.39 is 46.0 Å². The van der Waals surface area contributed by atoms with E-state index >= 15 is 0 Å². The van der Waals surface area contributed by atoms with Crippen molar-refractivity contribution in [3.63, 3.8) is 0 Å². The van der Waals surface area contributed by atoms with Crippen molar-refractivity contribution in [2.45, 2.75) is 43.0 Å². The summed E-state index contributed by atoms with van der Waals surface area (Å²) in [7, 11) is 0. The van der Waals surface area contributed by atoms with Gasteiger partial charge >= 0.3 is 12.4 Å². The van der Waals surface area contributed by atoms with Gasteiger partial charge in [0, 0.05) is 17.9 Å². The second-order valence-corrected chi connectivity index (χ2v) is 8.05. The number of anilines is 1. The number of halogens is 6. The van der Waals surface area contributed by atoms with Crippen LogP contribution in [0.5, 0.6) is 0 Å². The summed E-state index contributed by atoms with van der Waals surface area (Å²) in [6, 6.07) is -0.0679. The normalized spacial score (nSPS) is 25.7. The average Bonchev–Trinajstić information content (AvgIpc) is 3.02. The topological polar surface area (TPSA) is 49.4 Å². The molecule has 1 aromatic carbocycles. The summed E-state index contributed by atoms with van der Waals surface area (Å²) in [4.78, 5) is 25.3. The fourth-order valence-electron chi connectivity index (χ4n) is 3.27. The molecule has 2 aliphatic rings. The van der Waals surface area contributed by atoms with Gasteiger partial charge in [-0.3, -0.25) is 9.59 Å². The zero-order valence-corrected chi connectivity index (χ0v) is 14.7. The lowest BCUT2D eigenvalue weighted by Gasteiger charge is -2.30. The predicted octanol–water partition coefficient (Wildman–Crippen LogP) is 4.12. The molecule has 1 N–H and O–H groups in total. The number of rotatable bonds is 2. The van der Waals surface area contributed by atoms with Crippen molar-refractivity contribution >= 4 is 29.3 Å². The van der Waals surface area contributed by atoms with Crippen LogP contribution in [-0.2, 0) is 21.9 Å². The van der Waals surface area contributed by atoms with E-state index in [0.717, 1.165) is 0 Å². The molecule has 0 aromatic heterocycles. The summed E-state index contributed by atoms with van der Waals surface area (Å²) in [5.74, 6) is -0.851. The molecule has 11 heteroatoms. The number of benzene rings is 1. The van der Waals surface area contributed by atoms with Crippen LogP contribution >= 0.6 is 11.8 Å². The summed E-state index contributed by atoms with van der Waals surface area (Å²) in [5.41, 5.74) is -3.65. The van der Waals surface area contributed by atoms with E-state index in [9.17, 15) is 35.9 Å². The molecule has 2 saturated heterocycles. The van der Waals surface area contributed by atoms with E-state index in [0.29, 0.717) is 18.6 Å². The highest BCUT2D eigenvalue weighted by Gasteiger charge is 2.53. The van der Waals surface area contributed by atoms with Gasteiger partial charge in [0.2, 0.25) is 11.8 Å². The number of thioether (sulfide) groups is 1. The third-order valence-electron chi connectivity index (χ3n) is 4.60. The van der Waals surface area contributed by atoms with Crippen LogP contribution in [0, 0.1) is 0 Å². The summed E-state index contributed by atoms with van der Waals surface area (Å²) in [5, 5.41) is 2.11. The summed E-state index contributed by atoms with van der Waals surface area (Å²) < 4.78 is 77.5. The molecule has 2 fully saturated rings. The second-order valence-electron chi connectivity index (χ2n) is 6.55. The standard InChI is InChI=1S/C16H14F6N2O2S/c1-14-3-2-12(25)24(14)11(7-27-14)13(26)23-10-5-8(15(17,18)19)4-9(6-10)16(20,21)22/h4-6,11H,2-3,7H2,1H3,(H,23,26)/t11-,14-/m0/s1. The smallest absolute Gasteiger partial charge is 0.324 e. The maximum atomic E-state index is 12.9. The summed E-state index contributed by atoms with van der Waals surface area (Å²) in [6.45, 7) is 1.78. The molecule has 27 heavy (non-hydrogen) atoms. The van der Waals surface area contributed by atoms with E-state index in [2.05, 4.69) is 5.32 Å². The van der Waals surface area contributed by atoms with Crippen molar-refractivity contribution in [3.05, 3.63) is 29.3 Å². The van der Waals surface area contributed by atoms with Gasteiger partial charge in [-0.2, -0.15) is 26.3 Å². The minimum Gasteiger partial charge on any atom is -0.324 e. The molecule has 2 atom stereocenters. The van der Waals surface area contributed by atoms with Crippen molar-refractivity contribution < 1.29 is 35.9 Å². The lowest BCUT2D eigenvalue weighted by molar-refractivity contribution is -0.143. The van der Waals surface area contributed by atoms with Crippen LogP contribution in [0.1, 0.15) is 30.9 Å².